The average Bonchev–Trinajstić information content (AvgIpc) is 3.62. The number of hydrogen-bond acceptors (Lipinski definition) is 9. The highest BCUT2D eigenvalue weighted by Gasteiger charge is 2.40. The number of nitrogens with one attached hydrogen (secondary N) is 2. The Hall–Kier alpha value is -3.87. The van der Waals surface area contributed by atoms with Gasteiger partial charge in [0.25, 0.3) is 0 Å². The number of carbonyl (C=O) groups is 3. The second-order valence-electron chi connectivity index (χ2n) is 14.9. The highest BCUT2D eigenvalue weighted by atomic mass is 35.5. The van der Waals surface area contributed by atoms with Crippen molar-refractivity contribution in [2.45, 2.75) is 114 Å². The van der Waals surface area contributed by atoms with Crippen LogP contribution in [0, 0.1) is 0 Å². The number of ketones is 1. The van der Waals surface area contributed by atoms with Gasteiger partial charge in [-0.25, -0.2) is 0 Å². The van der Waals surface area contributed by atoms with E-state index in [2.05, 4.69) is 85.9 Å². The Labute approximate surface area is 333 Å². The van der Waals surface area contributed by atoms with Crippen molar-refractivity contribution in [2.75, 3.05) is 23.0 Å². The van der Waals surface area contributed by atoms with E-state index in [0.29, 0.717) is 30.2 Å². The van der Waals surface area contributed by atoms with Crippen molar-refractivity contribution in [1.29, 1.82) is 0 Å². The molecule has 13 heteroatoms. The normalized spacial score (nSPS) is 12.6. The molecule has 4 aromatic rings. The number of benzene rings is 3. The standard InChI is InChI=1S/C41H53ClN6O4S2/c1-10-39(4,5)27-20-23-33(30(25-27)40(6,7)11-2)52-24-16-19-34(49)43-28-21-22-31(42)32(26-28)44-37(51)35(36(50)41(8,9)53-12-3)54-38-45-46-47-48(38)29-17-14-13-15-18-29/h13-15,17-18,20-23,25-26,35H,10-12,16,19,24H2,1-9H3,(H,43,49)(H,44,51). The number of anilines is 2. The molecule has 0 spiro atoms. The number of carbonyl (C=O) groups excluding carboxylic acids is 3. The number of rotatable bonds is 19. The smallest absolute Gasteiger partial charge is 0.245 e. The number of Topliss-reactive ketones (excluding diaryl/α,β-unsaturated/α-hetero) is 1. The molecule has 0 bridgehead atoms. The molecule has 54 heavy (non-hydrogen) atoms. The zero-order valence-electron chi connectivity index (χ0n) is 32.8. The SMILES string of the molecule is CCSC(C)(C)C(=O)C(Sc1nnnn1-c1ccccc1)C(=O)Nc1cc(NC(=O)CCCOc2ccc(C(C)(C)CC)cc2C(C)(C)CC)ccc1Cl. The number of amides is 2. The summed E-state index contributed by atoms with van der Waals surface area (Å²) in [4.78, 5) is 40.9. The van der Waals surface area contributed by atoms with Gasteiger partial charge >= 0.3 is 0 Å². The lowest BCUT2D eigenvalue weighted by molar-refractivity contribution is -0.125. The molecule has 0 fully saturated rings. The highest BCUT2D eigenvalue weighted by Crippen LogP contribution is 2.39. The molecule has 4 rings (SSSR count). The van der Waals surface area contributed by atoms with Crippen LogP contribution >= 0.6 is 35.1 Å². The Kier molecular flexibility index (Phi) is 14.8. The predicted octanol–water partition coefficient (Wildman–Crippen LogP) is 9.69. The summed E-state index contributed by atoms with van der Waals surface area (Å²) in [5.41, 5.74) is 3.85. The number of aromatic nitrogens is 4. The monoisotopic (exact) mass is 792 g/mol. The van der Waals surface area contributed by atoms with E-state index >= 15 is 0 Å². The first-order chi connectivity index (χ1) is 25.5. The molecule has 0 saturated heterocycles. The molecular formula is C41H53ClN6O4S2. The predicted molar refractivity (Wildman–Crippen MR) is 223 cm³/mol. The molecule has 1 unspecified atom stereocenters. The summed E-state index contributed by atoms with van der Waals surface area (Å²) in [6.07, 6.45) is 2.73. The number of nitrogens with zero attached hydrogens (tertiary/aromatic N) is 4. The maximum absolute atomic E-state index is 13.9. The summed E-state index contributed by atoms with van der Waals surface area (Å²) in [7, 11) is 0. The largest absolute Gasteiger partial charge is 0.493 e. The van der Waals surface area contributed by atoms with Crippen LogP contribution in [0.15, 0.2) is 71.9 Å². The first-order valence-electron chi connectivity index (χ1n) is 18.4. The fourth-order valence-corrected chi connectivity index (χ4v) is 7.92. The molecule has 0 aliphatic carbocycles. The summed E-state index contributed by atoms with van der Waals surface area (Å²) in [6, 6.07) is 20.6. The van der Waals surface area contributed by atoms with Gasteiger partial charge in [0.1, 0.15) is 5.75 Å². The molecule has 1 aromatic heterocycles. The van der Waals surface area contributed by atoms with Crippen molar-refractivity contribution in [2.24, 2.45) is 0 Å². The van der Waals surface area contributed by atoms with Crippen LogP contribution in [-0.4, -0.2) is 60.2 Å². The second-order valence-corrected chi connectivity index (χ2v) is 18.3. The fraction of sp³-hybridized carbons (Fsp3) is 0.463. The van der Waals surface area contributed by atoms with Crippen molar-refractivity contribution in [1.82, 2.24) is 20.2 Å². The lowest BCUT2D eigenvalue weighted by Gasteiger charge is -2.30. The van der Waals surface area contributed by atoms with Crippen molar-refractivity contribution < 1.29 is 19.1 Å². The number of hydrogen-bond donors (Lipinski definition) is 2. The number of para-hydroxylation sites is 1. The Morgan fingerprint density at radius 3 is 2.26 bits per heavy atom. The number of halogens is 1. The minimum Gasteiger partial charge on any atom is -0.493 e. The van der Waals surface area contributed by atoms with Gasteiger partial charge in [0, 0.05) is 17.7 Å². The van der Waals surface area contributed by atoms with Crippen molar-refractivity contribution in [3.63, 3.8) is 0 Å². The summed E-state index contributed by atoms with van der Waals surface area (Å²) in [5.74, 6) is 0.438. The van der Waals surface area contributed by atoms with E-state index in [1.165, 1.54) is 27.6 Å². The number of tetrazole rings is 1. The Balaban J connectivity index is 1.44. The van der Waals surface area contributed by atoms with Gasteiger partial charge in [-0.3, -0.25) is 14.4 Å². The zero-order chi connectivity index (χ0) is 39.7. The lowest BCUT2D eigenvalue weighted by Crippen LogP contribution is -2.43. The Bertz CT molecular complexity index is 1910. The average molecular weight is 793 g/mol. The third-order valence-electron chi connectivity index (χ3n) is 9.81. The fourth-order valence-electron chi connectivity index (χ4n) is 5.60. The van der Waals surface area contributed by atoms with E-state index in [1.54, 1.807) is 32.0 Å². The first-order valence-corrected chi connectivity index (χ1v) is 20.6. The van der Waals surface area contributed by atoms with E-state index in [-0.39, 0.29) is 44.8 Å². The summed E-state index contributed by atoms with van der Waals surface area (Å²) >= 11 is 8.95. The molecule has 2 amide bonds. The van der Waals surface area contributed by atoms with Gasteiger partial charge in [-0.2, -0.15) is 4.68 Å². The summed E-state index contributed by atoms with van der Waals surface area (Å²) < 4.78 is 6.88. The van der Waals surface area contributed by atoms with Crippen LogP contribution in [0.3, 0.4) is 0 Å². The molecule has 0 saturated carbocycles. The van der Waals surface area contributed by atoms with E-state index in [0.717, 1.165) is 30.4 Å². The van der Waals surface area contributed by atoms with Crippen LogP contribution < -0.4 is 15.4 Å². The molecule has 1 heterocycles. The van der Waals surface area contributed by atoms with E-state index < -0.39 is 15.9 Å². The van der Waals surface area contributed by atoms with Gasteiger partial charge in [0.2, 0.25) is 17.0 Å². The third kappa shape index (κ3) is 10.9. The zero-order valence-corrected chi connectivity index (χ0v) is 35.2. The molecule has 0 aliphatic rings. The van der Waals surface area contributed by atoms with Crippen molar-refractivity contribution in [3.05, 3.63) is 82.9 Å². The van der Waals surface area contributed by atoms with Gasteiger partial charge in [-0.05, 0) is 102 Å². The van der Waals surface area contributed by atoms with Crippen LogP contribution in [-0.2, 0) is 25.2 Å². The molecule has 290 valence electrons. The second kappa shape index (κ2) is 18.6. The van der Waals surface area contributed by atoms with Crippen LogP contribution in [0.4, 0.5) is 11.4 Å². The molecular weight excluding hydrogens is 740 g/mol. The van der Waals surface area contributed by atoms with Crippen LogP contribution in [0.1, 0.15) is 99.1 Å². The molecule has 10 nitrogen and oxygen atoms in total. The van der Waals surface area contributed by atoms with Crippen LogP contribution in [0.25, 0.3) is 5.69 Å². The van der Waals surface area contributed by atoms with Gasteiger partial charge in [-0.15, -0.1) is 16.9 Å². The maximum atomic E-state index is 13.9. The van der Waals surface area contributed by atoms with Crippen LogP contribution in [0.5, 0.6) is 5.75 Å². The van der Waals surface area contributed by atoms with E-state index in [1.807, 2.05) is 37.3 Å². The molecule has 1 atom stereocenters. The molecule has 0 radical (unpaired) electrons. The Morgan fingerprint density at radius 1 is 0.889 bits per heavy atom. The summed E-state index contributed by atoms with van der Waals surface area (Å²) in [5, 5.41) is 17.1. The maximum Gasteiger partial charge on any atom is 0.245 e. The lowest BCUT2D eigenvalue weighted by atomic mass is 9.76. The first kappa shape index (κ1) is 42.9. The van der Waals surface area contributed by atoms with Gasteiger partial charge in [0.05, 0.1) is 27.8 Å². The molecule has 2 N–H and O–H groups in total. The topological polar surface area (TPSA) is 128 Å². The van der Waals surface area contributed by atoms with Crippen LogP contribution in [0.2, 0.25) is 5.02 Å². The van der Waals surface area contributed by atoms with Crippen molar-refractivity contribution >= 4 is 64.1 Å². The third-order valence-corrected chi connectivity index (χ3v) is 12.5. The Morgan fingerprint density at radius 2 is 1.59 bits per heavy atom. The minimum absolute atomic E-state index is 0.0602. The number of ether oxygens (including phenoxy) is 1. The number of thioether (sulfide) groups is 2. The van der Waals surface area contributed by atoms with Crippen molar-refractivity contribution in [3.8, 4) is 11.4 Å². The molecule has 3 aromatic carbocycles. The van der Waals surface area contributed by atoms with E-state index in [9.17, 15) is 14.4 Å². The van der Waals surface area contributed by atoms with E-state index in [4.69, 9.17) is 16.3 Å². The highest BCUT2D eigenvalue weighted by molar-refractivity contribution is 8.03. The van der Waals surface area contributed by atoms with Gasteiger partial charge in [-0.1, -0.05) is 102 Å². The van der Waals surface area contributed by atoms with Gasteiger partial charge in [0.15, 0.2) is 11.0 Å². The minimum atomic E-state index is -1.21. The summed E-state index contributed by atoms with van der Waals surface area (Å²) in [6.45, 7) is 19.3. The van der Waals surface area contributed by atoms with Gasteiger partial charge < -0.3 is 15.4 Å². The molecule has 0 aliphatic heterocycles. The quantitative estimate of drug-likeness (QED) is 0.0542.